The Kier molecular flexibility index (Phi) is 6.30. The molecule has 8 nitrogen and oxygen atoms in total. The van der Waals surface area contributed by atoms with Gasteiger partial charge in [0, 0.05) is 37.9 Å². The van der Waals surface area contributed by atoms with E-state index in [2.05, 4.69) is 32.0 Å². The third-order valence-corrected chi connectivity index (χ3v) is 4.83. The van der Waals surface area contributed by atoms with E-state index < -0.39 is 0 Å². The largest absolute Gasteiger partial charge is 0.497 e. The molecule has 0 atom stereocenters. The molecule has 1 aromatic heterocycles. The number of nitrogens with zero attached hydrogens (tertiary/aromatic N) is 4. The van der Waals surface area contributed by atoms with E-state index in [0.29, 0.717) is 28.8 Å². The van der Waals surface area contributed by atoms with E-state index in [0.717, 1.165) is 38.4 Å². The van der Waals surface area contributed by atoms with Crippen LogP contribution in [0.5, 0.6) is 11.5 Å². The van der Waals surface area contributed by atoms with Gasteiger partial charge in [0.25, 0.3) is 5.91 Å². The number of aromatic nitrogens is 2. The summed E-state index contributed by atoms with van der Waals surface area (Å²) in [6.45, 7) is 8.72. The first-order chi connectivity index (χ1) is 13.5. The van der Waals surface area contributed by atoms with Gasteiger partial charge in [0.15, 0.2) is 0 Å². The lowest BCUT2D eigenvalue weighted by molar-refractivity contribution is 0.102. The van der Waals surface area contributed by atoms with E-state index in [1.165, 1.54) is 0 Å². The Bertz CT molecular complexity index is 835. The average molecular weight is 385 g/mol. The summed E-state index contributed by atoms with van der Waals surface area (Å²) in [4.78, 5) is 26.4. The van der Waals surface area contributed by atoms with Gasteiger partial charge in [-0.25, -0.2) is 9.97 Å². The Labute approximate surface area is 165 Å². The molecule has 150 valence electrons. The quantitative estimate of drug-likeness (QED) is 0.816. The van der Waals surface area contributed by atoms with Crippen molar-refractivity contribution >= 4 is 17.5 Å². The molecule has 28 heavy (non-hydrogen) atoms. The fraction of sp³-hybridized carbons (Fsp3) is 0.450. The molecular weight excluding hydrogens is 358 g/mol. The maximum Gasteiger partial charge on any atom is 0.274 e. The topological polar surface area (TPSA) is 79.8 Å². The van der Waals surface area contributed by atoms with Crippen molar-refractivity contribution in [1.29, 1.82) is 0 Å². The highest BCUT2D eigenvalue weighted by atomic mass is 16.5. The number of anilines is 2. The molecule has 0 aliphatic carbocycles. The molecule has 1 aliphatic heterocycles. The second kappa shape index (κ2) is 8.88. The minimum atomic E-state index is -0.303. The molecule has 0 spiro atoms. The summed E-state index contributed by atoms with van der Waals surface area (Å²) in [5, 5.41) is 2.87. The fourth-order valence-corrected chi connectivity index (χ4v) is 3.16. The highest BCUT2D eigenvalue weighted by molar-refractivity contribution is 6.04. The Morgan fingerprint density at radius 3 is 2.50 bits per heavy atom. The molecule has 1 aromatic carbocycles. The van der Waals surface area contributed by atoms with Crippen LogP contribution in [-0.2, 0) is 0 Å². The van der Waals surface area contributed by atoms with Crippen molar-refractivity contribution in [2.45, 2.75) is 13.8 Å². The molecule has 1 aliphatic rings. The van der Waals surface area contributed by atoms with Crippen LogP contribution < -0.4 is 19.7 Å². The van der Waals surface area contributed by atoms with Crippen LogP contribution in [0.1, 0.15) is 23.1 Å². The predicted octanol–water partition coefficient (Wildman–Crippen LogP) is 2.20. The second-order valence-electron chi connectivity index (χ2n) is 6.64. The van der Waals surface area contributed by atoms with Crippen molar-refractivity contribution < 1.29 is 14.3 Å². The van der Waals surface area contributed by atoms with Crippen LogP contribution in [0, 0.1) is 6.92 Å². The number of methoxy groups -OCH3 is 2. The lowest BCUT2D eigenvalue weighted by atomic mass is 10.2. The summed E-state index contributed by atoms with van der Waals surface area (Å²) >= 11 is 0. The van der Waals surface area contributed by atoms with E-state index in [9.17, 15) is 4.79 Å². The van der Waals surface area contributed by atoms with Gasteiger partial charge in [0.1, 0.15) is 17.2 Å². The number of likely N-dealkylation sites (N-methyl/N-ethyl adjacent to an activating group) is 1. The van der Waals surface area contributed by atoms with Gasteiger partial charge in [-0.15, -0.1) is 0 Å². The Morgan fingerprint density at radius 2 is 1.86 bits per heavy atom. The number of hydrogen-bond donors (Lipinski definition) is 1. The van der Waals surface area contributed by atoms with Crippen LogP contribution in [0.2, 0.25) is 0 Å². The molecule has 3 rings (SSSR count). The van der Waals surface area contributed by atoms with Crippen LogP contribution in [0.3, 0.4) is 0 Å². The number of nitrogens with one attached hydrogen (secondary N) is 1. The maximum atomic E-state index is 12.8. The summed E-state index contributed by atoms with van der Waals surface area (Å²) in [5.74, 6) is 1.47. The maximum absolute atomic E-state index is 12.8. The number of amides is 1. The smallest absolute Gasteiger partial charge is 0.274 e. The van der Waals surface area contributed by atoms with Crippen molar-refractivity contribution in [3.05, 3.63) is 35.7 Å². The van der Waals surface area contributed by atoms with Crippen molar-refractivity contribution in [2.75, 3.05) is 57.2 Å². The summed E-state index contributed by atoms with van der Waals surface area (Å²) < 4.78 is 10.5. The lowest BCUT2D eigenvalue weighted by Gasteiger charge is -2.34. The van der Waals surface area contributed by atoms with Crippen molar-refractivity contribution in [3.63, 3.8) is 0 Å². The Hall–Kier alpha value is -2.87. The molecule has 0 bridgehead atoms. The van der Waals surface area contributed by atoms with Crippen molar-refractivity contribution in [3.8, 4) is 11.5 Å². The van der Waals surface area contributed by atoms with E-state index in [-0.39, 0.29) is 5.91 Å². The zero-order valence-corrected chi connectivity index (χ0v) is 16.9. The Morgan fingerprint density at radius 1 is 1.11 bits per heavy atom. The first-order valence-corrected chi connectivity index (χ1v) is 9.40. The lowest BCUT2D eigenvalue weighted by Crippen LogP contribution is -2.47. The van der Waals surface area contributed by atoms with E-state index in [1.807, 2.05) is 6.92 Å². The summed E-state index contributed by atoms with van der Waals surface area (Å²) in [5.41, 5.74) is 1.65. The highest BCUT2D eigenvalue weighted by Crippen LogP contribution is 2.29. The molecule has 8 heteroatoms. The molecule has 1 fully saturated rings. The van der Waals surface area contributed by atoms with E-state index in [4.69, 9.17) is 9.47 Å². The monoisotopic (exact) mass is 385 g/mol. The summed E-state index contributed by atoms with van der Waals surface area (Å²) in [7, 11) is 3.13. The number of benzene rings is 1. The van der Waals surface area contributed by atoms with Crippen LogP contribution >= 0.6 is 0 Å². The molecule has 1 amide bonds. The van der Waals surface area contributed by atoms with Crippen molar-refractivity contribution in [2.24, 2.45) is 0 Å². The second-order valence-corrected chi connectivity index (χ2v) is 6.64. The third-order valence-electron chi connectivity index (χ3n) is 4.83. The number of aryl methyl sites for hydroxylation is 1. The van der Waals surface area contributed by atoms with Gasteiger partial charge in [-0.05, 0) is 31.7 Å². The van der Waals surface area contributed by atoms with Crippen LogP contribution in [0.4, 0.5) is 11.6 Å². The van der Waals surface area contributed by atoms with Gasteiger partial charge in [0.2, 0.25) is 5.95 Å². The normalized spacial score (nSPS) is 14.6. The fourth-order valence-electron chi connectivity index (χ4n) is 3.16. The highest BCUT2D eigenvalue weighted by Gasteiger charge is 2.20. The molecule has 0 radical (unpaired) electrons. The SMILES string of the molecule is CCN1CCN(c2nc(C)cc(C(=O)Nc3ccc(OC)cc3OC)n2)CC1. The zero-order valence-electron chi connectivity index (χ0n) is 16.9. The number of hydrogen-bond acceptors (Lipinski definition) is 7. The van der Waals surface area contributed by atoms with Crippen LogP contribution in [0.15, 0.2) is 24.3 Å². The predicted molar refractivity (Wildman–Crippen MR) is 109 cm³/mol. The van der Waals surface area contributed by atoms with Gasteiger partial charge in [-0.2, -0.15) is 0 Å². The van der Waals surface area contributed by atoms with E-state index >= 15 is 0 Å². The molecular formula is C20H27N5O3. The summed E-state index contributed by atoms with van der Waals surface area (Å²) in [6.07, 6.45) is 0. The molecule has 1 saturated heterocycles. The van der Waals surface area contributed by atoms with Crippen LogP contribution in [0.25, 0.3) is 0 Å². The molecule has 0 unspecified atom stereocenters. The number of carbonyl (C=O) groups is 1. The first kappa shape index (κ1) is 19.9. The summed E-state index contributed by atoms with van der Waals surface area (Å²) in [6, 6.07) is 6.92. The number of ether oxygens (including phenoxy) is 2. The zero-order chi connectivity index (χ0) is 20.1. The number of piperazine rings is 1. The first-order valence-electron chi connectivity index (χ1n) is 9.40. The molecule has 2 heterocycles. The number of rotatable bonds is 6. The van der Waals surface area contributed by atoms with Gasteiger partial charge < -0.3 is 24.6 Å². The minimum absolute atomic E-state index is 0.303. The Balaban J connectivity index is 1.78. The minimum Gasteiger partial charge on any atom is -0.497 e. The van der Waals surface area contributed by atoms with Gasteiger partial charge in [0.05, 0.1) is 19.9 Å². The molecule has 1 N–H and O–H groups in total. The number of carbonyl (C=O) groups excluding carboxylic acids is 1. The third kappa shape index (κ3) is 4.51. The van der Waals surface area contributed by atoms with Gasteiger partial charge in [-0.1, -0.05) is 6.92 Å². The van der Waals surface area contributed by atoms with Crippen LogP contribution in [-0.4, -0.2) is 67.7 Å². The average Bonchev–Trinajstić information content (AvgIpc) is 2.73. The molecule has 2 aromatic rings. The van der Waals surface area contributed by atoms with E-state index in [1.54, 1.807) is 38.5 Å². The van der Waals surface area contributed by atoms with Gasteiger partial charge >= 0.3 is 0 Å². The standard InChI is InChI=1S/C20H27N5O3/c1-5-24-8-10-25(11-9-24)20-21-14(2)12-17(23-20)19(26)22-16-7-6-15(27-3)13-18(16)28-4/h6-7,12-13H,5,8-11H2,1-4H3,(H,22,26). The van der Waals surface area contributed by atoms with Gasteiger partial charge in [-0.3, -0.25) is 4.79 Å². The molecule has 0 saturated carbocycles. The van der Waals surface area contributed by atoms with Crippen molar-refractivity contribution in [1.82, 2.24) is 14.9 Å².